The van der Waals surface area contributed by atoms with Crippen molar-refractivity contribution in [3.63, 3.8) is 0 Å². The minimum absolute atomic E-state index is 0.169. The van der Waals surface area contributed by atoms with E-state index in [1.165, 1.54) is 16.7 Å². The summed E-state index contributed by atoms with van der Waals surface area (Å²) in [5.74, 6) is 0. The Morgan fingerprint density at radius 1 is 1.00 bits per heavy atom. The van der Waals surface area contributed by atoms with Gasteiger partial charge in [0.25, 0.3) is 0 Å². The van der Waals surface area contributed by atoms with Crippen molar-refractivity contribution in [1.82, 2.24) is 0 Å². The molecule has 2 rings (SSSR count). The third-order valence-corrected chi connectivity index (χ3v) is 3.50. The maximum Gasteiger partial charge on any atom is 0.0178 e. The van der Waals surface area contributed by atoms with E-state index in [4.69, 9.17) is 5.73 Å². The molecule has 1 atom stereocenters. The van der Waals surface area contributed by atoms with Crippen LogP contribution in [0.25, 0.3) is 0 Å². The summed E-state index contributed by atoms with van der Waals surface area (Å²) in [4.78, 5) is 0. The molecule has 1 unspecified atom stereocenters. The first kappa shape index (κ1) is 13.3. The van der Waals surface area contributed by atoms with Gasteiger partial charge in [0.1, 0.15) is 0 Å². The predicted molar refractivity (Wildman–Crippen MR) is 80.7 cm³/mol. The van der Waals surface area contributed by atoms with Crippen LogP contribution in [0.1, 0.15) is 16.7 Å². The lowest BCUT2D eigenvalue weighted by molar-refractivity contribution is 0.664. The van der Waals surface area contributed by atoms with Gasteiger partial charge in [0.05, 0.1) is 0 Å². The van der Waals surface area contributed by atoms with Gasteiger partial charge in [-0.25, -0.2) is 0 Å². The highest BCUT2D eigenvalue weighted by Crippen LogP contribution is 2.14. The molecule has 1 nitrogen and oxygen atoms in total. The van der Waals surface area contributed by atoms with E-state index >= 15 is 0 Å². The highest BCUT2D eigenvalue weighted by molar-refractivity contribution is 9.10. The summed E-state index contributed by atoms with van der Waals surface area (Å²) in [6, 6.07) is 17.1. The molecule has 0 saturated heterocycles. The van der Waals surface area contributed by atoms with Crippen molar-refractivity contribution in [1.29, 1.82) is 0 Å². The minimum atomic E-state index is 0.169. The monoisotopic (exact) mass is 303 g/mol. The van der Waals surface area contributed by atoms with Crippen molar-refractivity contribution in [2.45, 2.75) is 25.8 Å². The van der Waals surface area contributed by atoms with Gasteiger partial charge < -0.3 is 5.73 Å². The Balaban J connectivity index is 1.96. The smallest absolute Gasteiger partial charge is 0.0178 e. The fraction of sp³-hybridized carbons (Fsp3) is 0.250. The van der Waals surface area contributed by atoms with Crippen LogP contribution in [-0.2, 0) is 12.8 Å². The van der Waals surface area contributed by atoms with Gasteiger partial charge in [0.2, 0.25) is 0 Å². The van der Waals surface area contributed by atoms with Gasteiger partial charge in [-0.15, -0.1) is 0 Å². The molecule has 0 radical (unpaired) electrons. The number of hydrogen-bond acceptors (Lipinski definition) is 1. The molecule has 0 saturated carbocycles. The molecule has 0 aliphatic heterocycles. The lowest BCUT2D eigenvalue weighted by atomic mass is 9.99. The van der Waals surface area contributed by atoms with E-state index in [0.29, 0.717) is 0 Å². The maximum absolute atomic E-state index is 6.21. The molecule has 0 bridgehead atoms. The first-order chi connectivity index (χ1) is 8.63. The van der Waals surface area contributed by atoms with E-state index in [9.17, 15) is 0 Å². The van der Waals surface area contributed by atoms with E-state index in [-0.39, 0.29) is 6.04 Å². The summed E-state index contributed by atoms with van der Waals surface area (Å²) in [6.07, 6.45) is 1.83. The molecule has 0 aliphatic rings. The van der Waals surface area contributed by atoms with Gasteiger partial charge in [0, 0.05) is 10.5 Å². The fourth-order valence-electron chi connectivity index (χ4n) is 2.07. The number of rotatable bonds is 4. The van der Waals surface area contributed by atoms with Crippen molar-refractivity contribution < 1.29 is 0 Å². The molecule has 0 heterocycles. The highest BCUT2D eigenvalue weighted by Gasteiger charge is 2.05. The molecule has 94 valence electrons. The largest absolute Gasteiger partial charge is 0.327 e. The van der Waals surface area contributed by atoms with E-state index in [2.05, 4.69) is 65.3 Å². The van der Waals surface area contributed by atoms with Gasteiger partial charge in [-0.1, -0.05) is 57.9 Å². The van der Waals surface area contributed by atoms with Crippen LogP contribution in [-0.4, -0.2) is 6.04 Å². The maximum atomic E-state index is 6.21. The van der Waals surface area contributed by atoms with Crippen LogP contribution in [0.4, 0.5) is 0 Å². The molecule has 18 heavy (non-hydrogen) atoms. The minimum Gasteiger partial charge on any atom is -0.327 e. The van der Waals surface area contributed by atoms with Crippen molar-refractivity contribution in [2.75, 3.05) is 0 Å². The van der Waals surface area contributed by atoms with E-state index in [0.717, 1.165) is 17.3 Å². The summed E-state index contributed by atoms with van der Waals surface area (Å²) in [5.41, 5.74) is 10.1. The van der Waals surface area contributed by atoms with Crippen LogP contribution in [0.15, 0.2) is 53.0 Å². The molecule has 2 aromatic rings. The highest BCUT2D eigenvalue weighted by atomic mass is 79.9. The Hall–Kier alpha value is -1.12. The summed E-state index contributed by atoms with van der Waals surface area (Å²) in [5, 5.41) is 0. The van der Waals surface area contributed by atoms with E-state index < -0.39 is 0 Å². The van der Waals surface area contributed by atoms with E-state index in [1.54, 1.807) is 0 Å². The summed E-state index contributed by atoms with van der Waals surface area (Å²) < 4.78 is 1.11. The Bertz CT molecular complexity index is 505. The van der Waals surface area contributed by atoms with Crippen LogP contribution < -0.4 is 5.73 Å². The molecule has 0 aromatic heterocycles. The van der Waals surface area contributed by atoms with Crippen molar-refractivity contribution in [2.24, 2.45) is 5.73 Å². The Labute approximate surface area is 117 Å². The van der Waals surface area contributed by atoms with Crippen LogP contribution in [0.2, 0.25) is 0 Å². The molecular formula is C16H18BrN. The van der Waals surface area contributed by atoms with Gasteiger partial charge in [0.15, 0.2) is 0 Å². The number of benzene rings is 2. The first-order valence-electron chi connectivity index (χ1n) is 6.19. The van der Waals surface area contributed by atoms with Crippen LogP contribution in [0.5, 0.6) is 0 Å². The second-order valence-corrected chi connectivity index (χ2v) is 5.70. The molecule has 2 aromatic carbocycles. The van der Waals surface area contributed by atoms with Gasteiger partial charge in [-0.05, 0) is 43.0 Å². The van der Waals surface area contributed by atoms with Gasteiger partial charge >= 0.3 is 0 Å². The zero-order valence-corrected chi connectivity index (χ0v) is 12.2. The number of hydrogen-bond donors (Lipinski definition) is 1. The first-order valence-corrected chi connectivity index (χ1v) is 6.98. The SMILES string of the molecule is Cc1ccc(CC(N)Cc2cccc(Br)c2)cc1. The lowest BCUT2D eigenvalue weighted by Crippen LogP contribution is -2.25. The zero-order valence-electron chi connectivity index (χ0n) is 10.6. The Morgan fingerprint density at radius 2 is 1.67 bits per heavy atom. The van der Waals surface area contributed by atoms with Crippen molar-refractivity contribution in [3.8, 4) is 0 Å². The summed E-state index contributed by atoms with van der Waals surface area (Å²) >= 11 is 3.49. The topological polar surface area (TPSA) is 26.0 Å². The Morgan fingerprint density at radius 3 is 2.33 bits per heavy atom. The summed E-state index contributed by atoms with van der Waals surface area (Å²) in [6.45, 7) is 2.10. The van der Waals surface area contributed by atoms with Crippen molar-refractivity contribution >= 4 is 15.9 Å². The molecule has 2 heteroatoms. The molecular weight excluding hydrogens is 286 g/mol. The predicted octanol–water partition coefficient (Wildman–Crippen LogP) is 3.87. The second-order valence-electron chi connectivity index (χ2n) is 4.78. The van der Waals surface area contributed by atoms with Crippen LogP contribution in [0.3, 0.4) is 0 Å². The number of nitrogens with two attached hydrogens (primary N) is 1. The molecule has 0 spiro atoms. The molecule has 2 N–H and O–H groups in total. The normalized spacial score (nSPS) is 12.4. The van der Waals surface area contributed by atoms with Gasteiger partial charge in [-0.3, -0.25) is 0 Å². The molecule has 0 fully saturated rings. The molecule has 0 aliphatic carbocycles. The van der Waals surface area contributed by atoms with Crippen LogP contribution in [0, 0.1) is 6.92 Å². The third-order valence-electron chi connectivity index (χ3n) is 3.01. The number of aryl methyl sites for hydroxylation is 1. The summed E-state index contributed by atoms with van der Waals surface area (Å²) in [7, 11) is 0. The lowest BCUT2D eigenvalue weighted by Gasteiger charge is -2.12. The van der Waals surface area contributed by atoms with Crippen molar-refractivity contribution in [3.05, 3.63) is 69.7 Å². The standard InChI is InChI=1S/C16H18BrN/c1-12-5-7-13(8-6-12)10-16(18)11-14-3-2-4-15(17)9-14/h2-9,16H,10-11,18H2,1H3. The molecule has 0 amide bonds. The second kappa shape index (κ2) is 6.17. The average molecular weight is 304 g/mol. The number of halogens is 1. The third kappa shape index (κ3) is 3.97. The fourth-order valence-corrected chi connectivity index (χ4v) is 2.51. The van der Waals surface area contributed by atoms with Crippen LogP contribution >= 0.6 is 15.9 Å². The zero-order chi connectivity index (χ0) is 13.0. The quantitative estimate of drug-likeness (QED) is 0.911. The van der Waals surface area contributed by atoms with Gasteiger partial charge in [-0.2, -0.15) is 0 Å². The Kier molecular flexibility index (Phi) is 4.56. The average Bonchev–Trinajstić information content (AvgIpc) is 2.32. The van der Waals surface area contributed by atoms with E-state index in [1.807, 2.05) is 6.07 Å².